The van der Waals surface area contributed by atoms with Crippen molar-refractivity contribution in [2.24, 2.45) is 7.05 Å². The summed E-state index contributed by atoms with van der Waals surface area (Å²) in [5.74, 6) is 0.339. The Morgan fingerprint density at radius 2 is 2.16 bits per heavy atom. The molecule has 0 radical (unpaired) electrons. The van der Waals surface area contributed by atoms with Gasteiger partial charge in [-0.05, 0) is 24.5 Å². The van der Waals surface area contributed by atoms with Crippen LogP contribution < -0.4 is 10.6 Å². The summed E-state index contributed by atoms with van der Waals surface area (Å²) >= 11 is 0. The Balaban J connectivity index is 2.00. The summed E-state index contributed by atoms with van der Waals surface area (Å²) in [5, 5.41) is 4.03. The van der Waals surface area contributed by atoms with Crippen molar-refractivity contribution in [2.75, 3.05) is 17.2 Å². The zero-order valence-corrected chi connectivity index (χ0v) is 10.8. The van der Waals surface area contributed by atoms with Crippen LogP contribution in [0.1, 0.15) is 22.3 Å². The summed E-state index contributed by atoms with van der Waals surface area (Å²) in [6, 6.07) is 8.02. The number of para-hydroxylation sites is 1. The number of carbonyl (C=O) groups excluding carboxylic acids is 1. The number of hydrogen-bond donors (Lipinski definition) is 1. The Labute approximate surface area is 111 Å². The summed E-state index contributed by atoms with van der Waals surface area (Å²) in [5.41, 5.74) is 8.56. The molecule has 0 spiro atoms. The van der Waals surface area contributed by atoms with Crippen molar-refractivity contribution in [1.29, 1.82) is 0 Å². The molecule has 1 aromatic heterocycles. The molecule has 0 fully saturated rings. The zero-order chi connectivity index (χ0) is 13.4. The van der Waals surface area contributed by atoms with Crippen LogP contribution in [0.15, 0.2) is 30.5 Å². The molecule has 0 aliphatic carbocycles. The van der Waals surface area contributed by atoms with E-state index < -0.39 is 0 Å². The van der Waals surface area contributed by atoms with Crippen molar-refractivity contribution >= 4 is 17.4 Å². The third-order valence-corrected chi connectivity index (χ3v) is 3.57. The van der Waals surface area contributed by atoms with E-state index in [1.165, 1.54) is 16.4 Å². The van der Waals surface area contributed by atoms with Gasteiger partial charge in [-0.3, -0.25) is 9.48 Å². The first-order chi connectivity index (χ1) is 9.18. The summed E-state index contributed by atoms with van der Waals surface area (Å²) in [4.78, 5) is 14.4. The van der Waals surface area contributed by atoms with Gasteiger partial charge in [-0.1, -0.05) is 18.2 Å². The lowest BCUT2D eigenvalue weighted by molar-refractivity contribution is 0.0986. The number of anilines is 2. The third kappa shape index (κ3) is 1.87. The Morgan fingerprint density at radius 1 is 1.37 bits per heavy atom. The summed E-state index contributed by atoms with van der Waals surface area (Å²) in [6.45, 7) is 0.726. The van der Waals surface area contributed by atoms with E-state index in [0.717, 1.165) is 25.1 Å². The fourth-order valence-corrected chi connectivity index (χ4v) is 2.50. The summed E-state index contributed by atoms with van der Waals surface area (Å²) in [7, 11) is 1.73. The van der Waals surface area contributed by atoms with E-state index in [-0.39, 0.29) is 5.91 Å². The minimum Gasteiger partial charge on any atom is -0.383 e. The van der Waals surface area contributed by atoms with Crippen molar-refractivity contribution in [1.82, 2.24) is 9.78 Å². The number of nitrogens with zero attached hydrogens (tertiary/aromatic N) is 3. The Bertz CT molecular complexity index is 632. The molecule has 1 aliphatic rings. The van der Waals surface area contributed by atoms with Crippen LogP contribution in [0.4, 0.5) is 11.5 Å². The Morgan fingerprint density at radius 3 is 2.89 bits per heavy atom. The molecule has 3 rings (SSSR count). The van der Waals surface area contributed by atoms with Crippen molar-refractivity contribution in [3.05, 3.63) is 41.6 Å². The van der Waals surface area contributed by atoms with Gasteiger partial charge in [0.25, 0.3) is 5.91 Å². The first-order valence-electron chi connectivity index (χ1n) is 6.35. The van der Waals surface area contributed by atoms with Crippen molar-refractivity contribution in [3.63, 3.8) is 0 Å². The standard InChI is InChI=1S/C14H16N4O/c1-17-13(15)11(9-16-17)14(19)18-8-4-6-10-5-2-3-7-12(10)18/h2-3,5,7,9H,4,6,8,15H2,1H3. The molecule has 19 heavy (non-hydrogen) atoms. The van der Waals surface area contributed by atoms with E-state index >= 15 is 0 Å². The van der Waals surface area contributed by atoms with Crippen molar-refractivity contribution in [2.45, 2.75) is 12.8 Å². The van der Waals surface area contributed by atoms with Crippen LogP contribution in [0, 0.1) is 0 Å². The van der Waals surface area contributed by atoms with Crippen LogP contribution in [-0.2, 0) is 13.5 Å². The lowest BCUT2D eigenvalue weighted by Gasteiger charge is -2.29. The Kier molecular flexibility index (Phi) is 2.74. The minimum absolute atomic E-state index is 0.0715. The van der Waals surface area contributed by atoms with Gasteiger partial charge in [0, 0.05) is 19.3 Å². The van der Waals surface area contributed by atoms with E-state index in [1.54, 1.807) is 11.9 Å². The molecular weight excluding hydrogens is 240 g/mol. The Hall–Kier alpha value is -2.30. The molecule has 1 amide bonds. The van der Waals surface area contributed by atoms with E-state index in [1.807, 2.05) is 18.2 Å². The van der Waals surface area contributed by atoms with Crippen LogP contribution in [0.5, 0.6) is 0 Å². The number of carbonyl (C=O) groups is 1. The van der Waals surface area contributed by atoms with E-state index in [0.29, 0.717) is 11.4 Å². The zero-order valence-electron chi connectivity index (χ0n) is 10.8. The first kappa shape index (κ1) is 11.8. The highest BCUT2D eigenvalue weighted by molar-refractivity contribution is 6.09. The summed E-state index contributed by atoms with van der Waals surface area (Å²) in [6.07, 6.45) is 3.53. The maximum atomic E-state index is 12.6. The van der Waals surface area contributed by atoms with E-state index in [9.17, 15) is 4.79 Å². The molecule has 0 bridgehead atoms. The first-order valence-corrected chi connectivity index (χ1v) is 6.35. The van der Waals surface area contributed by atoms with Gasteiger partial charge >= 0.3 is 0 Å². The SMILES string of the molecule is Cn1ncc(C(=O)N2CCCc3ccccc32)c1N. The van der Waals surface area contributed by atoms with Gasteiger partial charge in [-0.25, -0.2) is 0 Å². The molecule has 0 unspecified atom stereocenters. The maximum Gasteiger partial charge on any atom is 0.263 e. The molecule has 5 heteroatoms. The second-order valence-electron chi connectivity index (χ2n) is 4.76. The highest BCUT2D eigenvalue weighted by Gasteiger charge is 2.25. The lowest BCUT2D eigenvalue weighted by atomic mass is 10.0. The lowest BCUT2D eigenvalue weighted by Crippen LogP contribution is -2.35. The average Bonchev–Trinajstić information content (AvgIpc) is 2.78. The van der Waals surface area contributed by atoms with Gasteiger partial charge in [-0.2, -0.15) is 5.10 Å². The predicted octanol–water partition coefficient (Wildman–Crippen LogP) is 1.60. The highest BCUT2D eigenvalue weighted by Crippen LogP contribution is 2.28. The molecule has 2 heterocycles. The molecule has 98 valence electrons. The number of fused-ring (bicyclic) bond motifs is 1. The fourth-order valence-electron chi connectivity index (χ4n) is 2.50. The molecule has 2 aromatic rings. The third-order valence-electron chi connectivity index (χ3n) is 3.57. The number of hydrogen-bond acceptors (Lipinski definition) is 3. The molecule has 0 atom stereocenters. The van der Waals surface area contributed by atoms with Crippen LogP contribution in [0.25, 0.3) is 0 Å². The van der Waals surface area contributed by atoms with Gasteiger partial charge in [0.2, 0.25) is 0 Å². The van der Waals surface area contributed by atoms with Crippen LogP contribution in [-0.4, -0.2) is 22.2 Å². The average molecular weight is 256 g/mol. The smallest absolute Gasteiger partial charge is 0.263 e. The number of amides is 1. The van der Waals surface area contributed by atoms with Crippen LogP contribution >= 0.6 is 0 Å². The topological polar surface area (TPSA) is 64.2 Å². The summed E-state index contributed by atoms with van der Waals surface area (Å²) < 4.78 is 1.52. The molecule has 0 saturated carbocycles. The molecule has 5 nitrogen and oxygen atoms in total. The van der Waals surface area contributed by atoms with Gasteiger partial charge < -0.3 is 10.6 Å². The second kappa shape index (κ2) is 4.42. The number of rotatable bonds is 1. The fraction of sp³-hybridized carbons (Fsp3) is 0.286. The predicted molar refractivity (Wildman–Crippen MR) is 74.1 cm³/mol. The van der Waals surface area contributed by atoms with Crippen molar-refractivity contribution in [3.8, 4) is 0 Å². The monoisotopic (exact) mass is 256 g/mol. The van der Waals surface area contributed by atoms with E-state index in [4.69, 9.17) is 5.73 Å². The quantitative estimate of drug-likeness (QED) is 0.842. The van der Waals surface area contributed by atoms with Gasteiger partial charge in [0.1, 0.15) is 11.4 Å². The molecule has 1 aliphatic heterocycles. The van der Waals surface area contributed by atoms with Crippen LogP contribution in [0.2, 0.25) is 0 Å². The van der Waals surface area contributed by atoms with Gasteiger partial charge in [0.15, 0.2) is 0 Å². The number of benzene rings is 1. The van der Waals surface area contributed by atoms with Gasteiger partial charge in [0.05, 0.1) is 6.20 Å². The molecule has 1 aromatic carbocycles. The number of nitrogen functional groups attached to an aromatic ring is 1. The molecule has 0 saturated heterocycles. The number of nitrogens with two attached hydrogens (primary N) is 1. The normalized spacial score (nSPS) is 14.3. The number of aryl methyl sites for hydroxylation is 2. The van der Waals surface area contributed by atoms with E-state index in [2.05, 4.69) is 11.2 Å². The second-order valence-corrected chi connectivity index (χ2v) is 4.76. The number of aromatic nitrogens is 2. The minimum atomic E-state index is -0.0715. The molecular formula is C14H16N4O. The van der Waals surface area contributed by atoms with Crippen LogP contribution in [0.3, 0.4) is 0 Å². The van der Waals surface area contributed by atoms with Gasteiger partial charge in [-0.15, -0.1) is 0 Å². The maximum absolute atomic E-state index is 12.6. The molecule has 2 N–H and O–H groups in total. The van der Waals surface area contributed by atoms with Crippen molar-refractivity contribution < 1.29 is 4.79 Å². The highest BCUT2D eigenvalue weighted by atomic mass is 16.2. The largest absolute Gasteiger partial charge is 0.383 e.